The summed E-state index contributed by atoms with van der Waals surface area (Å²) >= 11 is 0. The second-order valence-corrected chi connectivity index (χ2v) is 10.5. The van der Waals surface area contributed by atoms with E-state index in [1.807, 2.05) is 29.5 Å². The van der Waals surface area contributed by atoms with Crippen molar-refractivity contribution >= 4 is 28.6 Å². The molecule has 37 heavy (non-hydrogen) atoms. The number of aromatic nitrogens is 6. The van der Waals surface area contributed by atoms with Crippen molar-refractivity contribution in [3.8, 4) is 0 Å². The van der Waals surface area contributed by atoms with Crippen LogP contribution < -0.4 is 10.2 Å². The molecule has 198 valence electrons. The summed E-state index contributed by atoms with van der Waals surface area (Å²) in [5.41, 5.74) is 4.07. The lowest BCUT2D eigenvalue weighted by Gasteiger charge is -2.37. The van der Waals surface area contributed by atoms with Gasteiger partial charge in [-0.15, -0.1) is 0 Å². The Bertz CT molecular complexity index is 1240. The van der Waals surface area contributed by atoms with E-state index in [1.54, 1.807) is 0 Å². The van der Waals surface area contributed by atoms with Crippen LogP contribution in [0, 0.1) is 5.92 Å². The SMILES string of the molecule is CCN(CC)C1CCN(c2nc(NCC3=CC(C)CC=C3n3cccn3)c3ncn(C(C)C)c3n2)CC1. The number of nitrogens with one attached hydrogen (secondary N) is 1. The van der Waals surface area contributed by atoms with Gasteiger partial charge in [-0.2, -0.15) is 15.1 Å². The Morgan fingerprint density at radius 1 is 1.14 bits per heavy atom. The molecule has 3 aromatic heterocycles. The third kappa shape index (κ3) is 5.28. The van der Waals surface area contributed by atoms with E-state index in [9.17, 15) is 0 Å². The Labute approximate surface area is 220 Å². The molecule has 1 N–H and O–H groups in total. The number of piperidine rings is 1. The van der Waals surface area contributed by atoms with Crippen LogP contribution in [-0.4, -0.2) is 73.0 Å². The maximum atomic E-state index is 5.04. The molecular weight excluding hydrogens is 462 g/mol. The highest BCUT2D eigenvalue weighted by Crippen LogP contribution is 2.29. The van der Waals surface area contributed by atoms with Crippen LogP contribution in [0.25, 0.3) is 16.9 Å². The fraction of sp³-hybridized carbons (Fsp3) is 0.571. The predicted octanol–water partition coefficient (Wildman–Crippen LogP) is 4.83. The minimum atomic E-state index is 0.269. The number of nitrogens with zero attached hydrogens (tertiary/aromatic N) is 8. The van der Waals surface area contributed by atoms with Gasteiger partial charge in [-0.25, -0.2) is 9.67 Å². The Kier molecular flexibility index (Phi) is 7.60. The molecule has 5 rings (SSSR count). The number of hydrogen-bond acceptors (Lipinski definition) is 7. The van der Waals surface area contributed by atoms with Gasteiger partial charge in [-0.1, -0.05) is 32.9 Å². The van der Waals surface area contributed by atoms with Crippen molar-refractivity contribution in [2.24, 2.45) is 5.92 Å². The first-order valence-corrected chi connectivity index (χ1v) is 13.9. The second kappa shape index (κ2) is 11.0. The average molecular weight is 504 g/mol. The maximum absolute atomic E-state index is 5.04. The van der Waals surface area contributed by atoms with Gasteiger partial charge in [0, 0.05) is 44.1 Å². The average Bonchev–Trinajstić information content (AvgIpc) is 3.59. The highest BCUT2D eigenvalue weighted by Gasteiger charge is 2.26. The summed E-state index contributed by atoms with van der Waals surface area (Å²) in [6.07, 6.45) is 13.6. The van der Waals surface area contributed by atoms with Crippen LogP contribution in [0.1, 0.15) is 59.9 Å². The van der Waals surface area contributed by atoms with Crippen molar-refractivity contribution in [1.82, 2.24) is 34.2 Å². The summed E-state index contributed by atoms with van der Waals surface area (Å²) in [7, 11) is 0. The lowest BCUT2D eigenvalue weighted by molar-refractivity contribution is 0.186. The van der Waals surface area contributed by atoms with Crippen LogP contribution in [0.15, 0.2) is 42.5 Å². The van der Waals surface area contributed by atoms with Gasteiger partial charge in [0.2, 0.25) is 5.95 Å². The zero-order valence-electron chi connectivity index (χ0n) is 22.9. The minimum absolute atomic E-state index is 0.269. The molecule has 0 radical (unpaired) electrons. The minimum Gasteiger partial charge on any atom is -0.364 e. The Balaban J connectivity index is 1.42. The molecule has 1 atom stereocenters. The van der Waals surface area contributed by atoms with Crippen molar-refractivity contribution in [3.63, 3.8) is 0 Å². The fourth-order valence-electron chi connectivity index (χ4n) is 5.62. The van der Waals surface area contributed by atoms with Crippen LogP contribution in [0.2, 0.25) is 0 Å². The highest BCUT2D eigenvalue weighted by atomic mass is 15.3. The zero-order valence-corrected chi connectivity index (χ0v) is 22.9. The molecule has 1 fully saturated rings. The van der Waals surface area contributed by atoms with Gasteiger partial charge < -0.3 is 19.7 Å². The number of imidazole rings is 1. The Morgan fingerprint density at radius 2 is 1.92 bits per heavy atom. The molecule has 9 nitrogen and oxygen atoms in total. The molecule has 1 aliphatic heterocycles. The monoisotopic (exact) mass is 503 g/mol. The molecule has 0 spiro atoms. The van der Waals surface area contributed by atoms with Crippen LogP contribution in [0.4, 0.5) is 11.8 Å². The molecule has 0 aromatic carbocycles. The third-order valence-electron chi connectivity index (χ3n) is 7.74. The van der Waals surface area contributed by atoms with E-state index in [-0.39, 0.29) is 6.04 Å². The van der Waals surface area contributed by atoms with Crippen molar-refractivity contribution in [1.29, 1.82) is 0 Å². The number of anilines is 2. The van der Waals surface area contributed by atoms with Crippen molar-refractivity contribution in [3.05, 3.63) is 42.5 Å². The largest absolute Gasteiger partial charge is 0.364 e. The first kappa shape index (κ1) is 25.4. The molecule has 1 unspecified atom stereocenters. The summed E-state index contributed by atoms with van der Waals surface area (Å²) in [5, 5.41) is 8.11. The Hall–Kier alpha value is -3.20. The van der Waals surface area contributed by atoms with Gasteiger partial charge in [0.1, 0.15) is 0 Å². The van der Waals surface area contributed by atoms with Crippen LogP contribution in [0.3, 0.4) is 0 Å². The van der Waals surface area contributed by atoms with Gasteiger partial charge in [0.25, 0.3) is 0 Å². The number of allylic oxidation sites excluding steroid dienone is 2. The van der Waals surface area contributed by atoms with Crippen molar-refractivity contribution in [2.75, 3.05) is 42.9 Å². The van der Waals surface area contributed by atoms with E-state index in [4.69, 9.17) is 15.0 Å². The summed E-state index contributed by atoms with van der Waals surface area (Å²) in [6.45, 7) is 15.9. The third-order valence-corrected chi connectivity index (χ3v) is 7.74. The van der Waals surface area contributed by atoms with Gasteiger partial charge >= 0.3 is 0 Å². The lowest BCUT2D eigenvalue weighted by atomic mass is 9.95. The second-order valence-electron chi connectivity index (χ2n) is 10.5. The summed E-state index contributed by atoms with van der Waals surface area (Å²) in [4.78, 5) is 19.7. The van der Waals surface area contributed by atoms with Crippen LogP contribution in [-0.2, 0) is 0 Å². The standard InChI is InChI=1S/C28H41N9/c1-6-34(7-2)23-11-15-35(16-12-23)28-32-26(25-27(33-28)36(19-30-25)20(3)4)29-18-22-17-21(5)9-10-24(22)37-14-8-13-31-37/h8,10,13-14,17,19-21,23H,6-7,9,11-12,15-16,18H2,1-5H3,(H,29,32,33). The maximum Gasteiger partial charge on any atom is 0.229 e. The van der Waals surface area contributed by atoms with Gasteiger partial charge in [0.05, 0.1) is 12.0 Å². The molecule has 0 bridgehead atoms. The number of fused-ring (bicyclic) bond motifs is 1. The van der Waals surface area contributed by atoms with E-state index in [0.29, 0.717) is 18.5 Å². The molecule has 9 heteroatoms. The fourth-order valence-corrected chi connectivity index (χ4v) is 5.62. The van der Waals surface area contributed by atoms with E-state index in [0.717, 1.165) is 74.1 Å². The molecule has 0 amide bonds. The number of hydrogen-bond donors (Lipinski definition) is 1. The first-order valence-electron chi connectivity index (χ1n) is 13.9. The normalized spacial score (nSPS) is 19.1. The van der Waals surface area contributed by atoms with E-state index in [1.165, 1.54) is 5.57 Å². The summed E-state index contributed by atoms with van der Waals surface area (Å²) in [5.74, 6) is 2.08. The topological polar surface area (TPSA) is 79.9 Å². The van der Waals surface area contributed by atoms with Crippen molar-refractivity contribution < 1.29 is 0 Å². The highest BCUT2D eigenvalue weighted by molar-refractivity contribution is 5.85. The summed E-state index contributed by atoms with van der Waals surface area (Å²) in [6, 6.07) is 2.87. The van der Waals surface area contributed by atoms with Gasteiger partial charge in [0.15, 0.2) is 17.0 Å². The van der Waals surface area contributed by atoms with Crippen LogP contribution in [0.5, 0.6) is 0 Å². The van der Waals surface area contributed by atoms with E-state index >= 15 is 0 Å². The van der Waals surface area contributed by atoms with Gasteiger partial charge in [-0.3, -0.25) is 0 Å². The molecule has 1 saturated heterocycles. The zero-order chi connectivity index (χ0) is 25.9. The smallest absolute Gasteiger partial charge is 0.229 e. The molecule has 0 saturated carbocycles. The summed E-state index contributed by atoms with van der Waals surface area (Å²) < 4.78 is 4.10. The van der Waals surface area contributed by atoms with Gasteiger partial charge in [-0.05, 0) is 63.8 Å². The molecular formula is C28H41N9. The number of rotatable bonds is 9. The molecule has 4 heterocycles. The first-order chi connectivity index (χ1) is 18.0. The van der Waals surface area contributed by atoms with Crippen molar-refractivity contribution in [2.45, 2.75) is 66.0 Å². The lowest BCUT2D eigenvalue weighted by Crippen LogP contribution is -2.45. The molecule has 3 aromatic rings. The van der Waals surface area contributed by atoms with Crippen LogP contribution >= 0.6 is 0 Å². The quantitative estimate of drug-likeness (QED) is 0.448. The Morgan fingerprint density at radius 3 is 2.59 bits per heavy atom. The van der Waals surface area contributed by atoms with E-state index < -0.39 is 0 Å². The molecule has 2 aliphatic rings. The van der Waals surface area contributed by atoms with E-state index in [2.05, 4.69) is 71.6 Å². The molecule has 1 aliphatic carbocycles. The predicted molar refractivity (Wildman–Crippen MR) is 151 cm³/mol.